The van der Waals surface area contributed by atoms with Crippen molar-refractivity contribution in [3.63, 3.8) is 0 Å². The molecule has 1 unspecified atom stereocenters. The van der Waals surface area contributed by atoms with Crippen LogP contribution in [0.2, 0.25) is 0 Å². The van der Waals surface area contributed by atoms with E-state index < -0.39 is 0 Å². The fraction of sp³-hybridized carbons (Fsp3) is 0.158. The minimum Gasteiger partial charge on any atom is -0.352 e. The van der Waals surface area contributed by atoms with E-state index in [2.05, 4.69) is 37.9 Å². The molecular formula is C19H18N6. The molecule has 0 N–H and O–H groups in total. The monoisotopic (exact) mass is 330 g/mol. The molecule has 0 saturated carbocycles. The zero-order valence-electron chi connectivity index (χ0n) is 14.1. The highest BCUT2D eigenvalue weighted by molar-refractivity contribution is 5.87. The molecule has 4 rings (SSSR count). The van der Waals surface area contributed by atoms with Gasteiger partial charge in [-0.25, -0.2) is 14.6 Å². The summed E-state index contributed by atoms with van der Waals surface area (Å²) in [5.41, 5.74) is 2.90. The molecule has 6 nitrogen and oxygen atoms in total. The number of nitrogens with zero attached hydrogens (tertiary/aromatic N) is 6. The lowest BCUT2D eigenvalue weighted by atomic mass is 10.1. The lowest BCUT2D eigenvalue weighted by Crippen LogP contribution is -2.23. The second-order valence-corrected chi connectivity index (χ2v) is 5.90. The first kappa shape index (κ1) is 15.3. The van der Waals surface area contributed by atoms with Crippen molar-refractivity contribution in [2.45, 2.75) is 13.0 Å². The van der Waals surface area contributed by atoms with E-state index in [1.165, 1.54) is 0 Å². The minimum absolute atomic E-state index is 0.131. The number of fused-ring (bicyclic) bond motifs is 1. The molecule has 4 aromatic rings. The Morgan fingerprint density at radius 2 is 1.84 bits per heavy atom. The molecule has 3 heterocycles. The van der Waals surface area contributed by atoms with Crippen molar-refractivity contribution >= 4 is 16.9 Å². The third-order valence-corrected chi connectivity index (χ3v) is 4.43. The van der Waals surface area contributed by atoms with E-state index >= 15 is 0 Å². The summed E-state index contributed by atoms with van der Waals surface area (Å²) in [6, 6.07) is 14.1. The minimum atomic E-state index is 0.131. The molecule has 124 valence electrons. The normalized spacial score (nSPS) is 12.2. The summed E-state index contributed by atoms with van der Waals surface area (Å²) in [5, 5.41) is 5.44. The maximum Gasteiger partial charge on any atom is 0.168 e. The number of rotatable bonds is 4. The first-order valence-corrected chi connectivity index (χ1v) is 8.12. The van der Waals surface area contributed by atoms with Crippen LogP contribution in [0.3, 0.4) is 0 Å². The van der Waals surface area contributed by atoms with Crippen LogP contribution in [-0.2, 0) is 0 Å². The van der Waals surface area contributed by atoms with Crippen molar-refractivity contribution in [1.29, 1.82) is 0 Å². The Morgan fingerprint density at radius 1 is 1.00 bits per heavy atom. The Hall–Kier alpha value is -3.28. The first-order valence-electron chi connectivity index (χ1n) is 8.12. The van der Waals surface area contributed by atoms with E-state index in [0.717, 1.165) is 28.1 Å². The van der Waals surface area contributed by atoms with Crippen LogP contribution in [0.1, 0.15) is 18.5 Å². The summed E-state index contributed by atoms with van der Waals surface area (Å²) in [7, 11) is 2.03. The van der Waals surface area contributed by atoms with Crippen LogP contribution in [0.25, 0.3) is 16.7 Å². The van der Waals surface area contributed by atoms with Gasteiger partial charge in [-0.05, 0) is 30.7 Å². The maximum absolute atomic E-state index is 4.52. The topological polar surface area (TPSA) is 59.7 Å². The van der Waals surface area contributed by atoms with Crippen molar-refractivity contribution in [3.8, 4) is 5.69 Å². The van der Waals surface area contributed by atoms with Crippen LogP contribution >= 0.6 is 0 Å². The molecule has 0 saturated heterocycles. The highest BCUT2D eigenvalue weighted by Gasteiger charge is 2.18. The maximum atomic E-state index is 4.52. The van der Waals surface area contributed by atoms with Gasteiger partial charge in [0.2, 0.25) is 0 Å². The van der Waals surface area contributed by atoms with Crippen molar-refractivity contribution < 1.29 is 0 Å². The van der Waals surface area contributed by atoms with Crippen LogP contribution in [0.15, 0.2) is 67.4 Å². The van der Waals surface area contributed by atoms with Crippen molar-refractivity contribution in [2.75, 3.05) is 11.9 Å². The summed E-state index contributed by atoms with van der Waals surface area (Å²) in [6.45, 7) is 2.13. The molecule has 0 bridgehead atoms. The van der Waals surface area contributed by atoms with Gasteiger partial charge in [0, 0.05) is 19.4 Å². The van der Waals surface area contributed by atoms with Gasteiger partial charge in [-0.15, -0.1) is 0 Å². The second kappa shape index (κ2) is 6.32. The largest absolute Gasteiger partial charge is 0.352 e. The lowest BCUT2D eigenvalue weighted by molar-refractivity contribution is 0.727. The Balaban J connectivity index is 1.77. The molecule has 0 aliphatic rings. The zero-order chi connectivity index (χ0) is 17.2. The molecule has 0 radical (unpaired) electrons. The predicted octanol–water partition coefficient (Wildman–Crippen LogP) is 3.41. The Morgan fingerprint density at radius 3 is 2.60 bits per heavy atom. The summed E-state index contributed by atoms with van der Waals surface area (Å²) in [6.07, 6.45) is 7.07. The molecule has 0 amide bonds. The number of para-hydroxylation sites is 1. The Bertz CT molecular complexity index is 981. The lowest BCUT2D eigenvalue weighted by Gasteiger charge is -2.26. The molecule has 3 aromatic heterocycles. The van der Waals surface area contributed by atoms with Crippen LogP contribution in [0.4, 0.5) is 5.82 Å². The van der Waals surface area contributed by atoms with Crippen molar-refractivity contribution in [1.82, 2.24) is 24.7 Å². The van der Waals surface area contributed by atoms with Crippen molar-refractivity contribution in [2.24, 2.45) is 0 Å². The van der Waals surface area contributed by atoms with Gasteiger partial charge >= 0.3 is 0 Å². The van der Waals surface area contributed by atoms with Gasteiger partial charge in [0.05, 0.1) is 23.3 Å². The zero-order valence-corrected chi connectivity index (χ0v) is 14.1. The standard InChI is InChI=1S/C19H18N6/c1-14(15-7-6-10-20-11-15)24(2)18-17-12-23-25(19(17)22-13-21-18)16-8-4-3-5-9-16/h3-14H,1-2H3. The quantitative estimate of drug-likeness (QED) is 0.574. The highest BCUT2D eigenvalue weighted by Crippen LogP contribution is 2.29. The average Bonchev–Trinajstić information content (AvgIpc) is 3.12. The summed E-state index contributed by atoms with van der Waals surface area (Å²) in [5.74, 6) is 0.850. The van der Waals surface area contributed by atoms with Gasteiger partial charge < -0.3 is 4.90 Å². The van der Waals surface area contributed by atoms with Crippen molar-refractivity contribution in [3.05, 3.63) is 72.9 Å². The SMILES string of the molecule is CC(c1cccnc1)N(C)c1ncnc2c1cnn2-c1ccccc1. The summed E-state index contributed by atoms with van der Waals surface area (Å²) >= 11 is 0. The van der Waals surface area contributed by atoms with E-state index in [0.29, 0.717) is 0 Å². The van der Waals surface area contributed by atoms with Gasteiger partial charge in [-0.2, -0.15) is 5.10 Å². The van der Waals surface area contributed by atoms with Gasteiger partial charge in [-0.3, -0.25) is 4.98 Å². The summed E-state index contributed by atoms with van der Waals surface area (Å²) < 4.78 is 1.84. The number of hydrogen-bond donors (Lipinski definition) is 0. The fourth-order valence-electron chi connectivity index (χ4n) is 2.90. The van der Waals surface area contributed by atoms with Crippen LogP contribution < -0.4 is 4.90 Å². The van der Waals surface area contributed by atoms with Gasteiger partial charge in [0.15, 0.2) is 5.65 Å². The molecular weight excluding hydrogens is 312 g/mol. The molecule has 0 fully saturated rings. The molecule has 0 spiro atoms. The first-order chi connectivity index (χ1) is 12.3. The van der Waals surface area contributed by atoms with E-state index in [1.54, 1.807) is 12.5 Å². The third-order valence-electron chi connectivity index (χ3n) is 4.43. The Kier molecular flexibility index (Phi) is 3.85. The molecule has 6 heteroatoms. The fourth-order valence-corrected chi connectivity index (χ4v) is 2.90. The number of hydrogen-bond acceptors (Lipinski definition) is 5. The van der Waals surface area contributed by atoms with E-state index in [-0.39, 0.29) is 6.04 Å². The van der Waals surface area contributed by atoms with Gasteiger partial charge in [-0.1, -0.05) is 24.3 Å². The number of pyridine rings is 1. The van der Waals surface area contributed by atoms with E-state index in [9.17, 15) is 0 Å². The number of benzene rings is 1. The van der Waals surface area contributed by atoms with Gasteiger partial charge in [0.1, 0.15) is 12.1 Å². The average molecular weight is 330 g/mol. The van der Waals surface area contributed by atoms with Gasteiger partial charge in [0.25, 0.3) is 0 Å². The van der Waals surface area contributed by atoms with Crippen LogP contribution in [0.5, 0.6) is 0 Å². The molecule has 0 aliphatic carbocycles. The van der Waals surface area contributed by atoms with E-state index in [1.807, 2.05) is 60.5 Å². The highest BCUT2D eigenvalue weighted by atomic mass is 15.3. The smallest absolute Gasteiger partial charge is 0.168 e. The van der Waals surface area contributed by atoms with E-state index in [4.69, 9.17) is 0 Å². The number of aromatic nitrogens is 5. The number of anilines is 1. The Labute approximate surface area is 145 Å². The van der Waals surface area contributed by atoms with Crippen LogP contribution in [-0.4, -0.2) is 31.8 Å². The van der Waals surface area contributed by atoms with Crippen LogP contribution in [0, 0.1) is 0 Å². The summed E-state index contributed by atoms with van der Waals surface area (Å²) in [4.78, 5) is 15.3. The predicted molar refractivity (Wildman–Crippen MR) is 97.7 cm³/mol. The molecule has 25 heavy (non-hydrogen) atoms. The second-order valence-electron chi connectivity index (χ2n) is 5.90. The molecule has 1 atom stereocenters. The third kappa shape index (κ3) is 2.71. The molecule has 1 aromatic carbocycles. The molecule has 0 aliphatic heterocycles.